The number of nitrogens with zero attached hydrogens (tertiary/aromatic N) is 3. The SMILES string of the molecule is CC(=O)C(F)F.CN/N=C(\C)C(F)F.CNN.Cn1cc(C=O)c(C(F)F)n1.O=P(Cl)(Cl)Cl. The summed E-state index contributed by atoms with van der Waals surface area (Å²) in [6.45, 7) is 2.12. The summed E-state index contributed by atoms with van der Waals surface area (Å²) < 4.78 is 79.2. The molecule has 4 N–H and O–H groups in total. The number of hydrazone groups is 1. The third-order valence-electron chi connectivity index (χ3n) is 2.13. The van der Waals surface area contributed by atoms with Crippen LogP contribution in [0.25, 0.3) is 0 Å². The smallest absolute Gasteiger partial charge is 0.313 e. The van der Waals surface area contributed by atoms with E-state index in [0.717, 1.165) is 6.92 Å². The third-order valence-corrected chi connectivity index (χ3v) is 2.13. The highest BCUT2D eigenvalue weighted by atomic mass is 36.0. The molecule has 0 radical (unpaired) electrons. The number of hydrazine groups is 1. The predicted molar refractivity (Wildman–Crippen MR) is 117 cm³/mol. The first kappa shape index (κ1) is 38.9. The van der Waals surface area contributed by atoms with E-state index in [0.29, 0.717) is 6.29 Å². The summed E-state index contributed by atoms with van der Waals surface area (Å²) in [7, 11) is 4.62. The molecular formula is C14H24Cl3F6N6O3P. The Hall–Kier alpha value is -1.38. The van der Waals surface area contributed by atoms with Gasteiger partial charge in [-0.2, -0.15) is 10.2 Å². The molecule has 196 valence electrons. The second-order valence-corrected chi connectivity index (χ2v) is 11.6. The van der Waals surface area contributed by atoms with Gasteiger partial charge in [0.05, 0.1) is 5.56 Å². The van der Waals surface area contributed by atoms with Gasteiger partial charge in [0, 0.05) is 27.2 Å². The van der Waals surface area contributed by atoms with Gasteiger partial charge in [-0.3, -0.25) is 30.1 Å². The summed E-state index contributed by atoms with van der Waals surface area (Å²) >= 11 is 13.8. The number of hydrogen-bond donors (Lipinski definition) is 3. The lowest BCUT2D eigenvalue weighted by Crippen LogP contribution is -2.13. The van der Waals surface area contributed by atoms with Gasteiger partial charge in [-0.05, 0) is 47.7 Å². The number of nitrogens with two attached hydrogens (primary N) is 1. The lowest BCUT2D eigenvalue weighted by atomic mass is 10.3. The maximum atomic E-state index is 12.0. The number of carbonyl (C=O) groups excluding carboxylic acids is 2. The van der Waals surface area contributed by atoms with Crippen molar-refractivity contribution in [2.75, 3.05) is 14.1 Å². The Balaban J connectivity index is -0.000000170. The number of rotatable bonds is 5. The minimum absolute atomic E-state index is 0.0532. The van der Waals surface area contributed by atoms with E-state index in [1.165, 1.54) is 31.9 Å². The largest absolute Gasteiger partial charge is 0.339 e. The van der Waals surface area contributed by atoms with Crippen LogP contribution in [0, 0.1) is 0 Å². The first-order valence-corrected chi connectivity index (χ1v) is 12.4. The molecule has 1 aromatic heterocycles. The van der Waals surface area contributed by atoms with Crippen LogP contribution in [-0.2, 0) is 16.4 Å². The number of alkyl halides is 6. The molecule has 0 aliphatic rings. The minimum atomic E-state index is -3.22. The highest BCUT2D eigenvalue weighted by Crippen LogP contribution is 2.61. The van der Waals surface area contributed by atoms with Gasteiger partial charge in [0.25, 0.3) is 19.3 Å². The van der Waals surface area contributed by atoms with Crippen LogP contribution in [0.4, 0.5) is 26.3 Å². The van der Waals surface area contributed by atoms with Crippen molar-refractivity contribution in [2.45, 2.75) is 33.1 Å². The molecule has 0 unspecified atom stereocenters. The van der Waals surface area contributed by atoms with Gasteiger partial charge in [0.1, 0.15) is 11.4 Å². The Morgan fingerprint density at radius 3 is 1.67 bits per heavy atom. The number of Topliss-reactive ketones (excluding diaryl/α,β-unsaturated/α-hetero) is 1. The van der Waals surface area contributed by atoms with Gasteiger partial charge in [0.2, 0.25) is 0 Å². The van der Waals surface area contributed by atoms with Gasteiger partial charge < -0.3 is 5.43 Å². The molecule has 0 aromatic carbocycles. The molecule has 1 heterocycles. The normalized spacial score (nSPS) is 10.5. The fourth-order valence-corrected chi connectivity index (χ4v) is 1.01. The van der Waals surface area contributed by atoms with Crippen LogP contribution < -0.4 is 16.7 Å². The Bertz CT molecular complexity index is 729. The van der Waals surface area contributed by atoms with Crippen LogP contribution in [-0.4, -0.2) is 54.5 Å². The van der Waals surface area contributed by atoms with Gasteiger partial charge in [-0.15, -0.1) is 0 Å². The van der Waals surface area contributed by atoms with Crippen molar-refractivity contribution in [1.29, 1.82) is 0 Å². The molecule has 0 saturated heterocycles. The molecule has 0 atom stereocenters. The van der Waals surface area contributed by atoms with Crippen LogP contribution in [0.1, 0.15) is 36.3 Å². The molecule has 0 bridgehead atoms. The van der Waals surface area contributed by atoms with E-state index >= 15 is 0 Å². The van der Waals surface area contributed by atoms with Crippen molar-refractivity contribution in [3.8, 4) is 0 Å². The molecule has 1 rings (SSSR count). The van der Waals surface area contributed by atoms with Crippen molar-refractivity contribution in [3.63, 3.8) is 0 Å². The van der Waals surface area contributed by atoms with Crippen LogP contribution in [0.15, 0.2) is 11.3 Å². The van der Waals surface area contributed by atoms with E-state index in [2.05, 4.69) is 60.6 Å². The third kappa shape index (κ3) is 32.9. The summed E-state index contributed by atoms with van der Waals surface area (Å²) in [6, 6.07) is 0. The average Bonchev–Trinajstić information content (AvgIpc) is 3.03. The molecule has 0 amide bonds. The van der Waals surface area contributed by atoms with E-state index < -0.39 is 36.0 Å². The van der Waals surface area contributed by atoms with Crippen molar-refractivity contribution in [1.82, 2.24) is 20.6 Å². The first-order valence-electron chi connectivity index (χ1n) is 8.00. The number of carbonyl (C=O) groups is 2. The van der Waals surface area contributed by atoms with Crippen LogP contribution in [0.5, 0.6) is 0 Å². The number of hydrogen-bond acceptors (Lipinski definition) is 8. The van der Waals surface area contributed by atoms with Gasteiger partial charge >= 0.3 is 5.20 Å². The second-order valence-electron chi connectivity index (χ2n) is 4.94. The summed E-state index contributed by atoms with van der Waals surface area (Å²) in [4.78, 5) is 19.6. The minimum Gasteiger partial charge on any atom is -0.313 e. The van der Waals surface area contributed by atoms with Gasteiger partial charge in [-0.1, -0.05) is 0 Å². The Labute approximate surface area is 200 Å². The van der Waals surface area contributed by atoms with Gasteiger partial charge in [0.15, 0.2) is 12.1 Å². The molecule has 0 aliphatic heterocycles. The van der Waals surface area contributed by atoms with Crippen molar-refractivity contribution >= 4 is 56.7 Å². The number of ketones is 1. The standard InChI is InChI=1S/C6H6F2N2O.C4H8F2N2.C3H4F2O.CH6N2.Cl3OP/c1-10-2-4(3-11)5(9-10)6(7)8;1-3(4(5)6)8-7-2;1-2(6)3(4)5;1-3-2;1-5(2,3)4/h2-3,6H,1H3;4,7H,1-2H3;3H,1H3;3H,2H2,1H3;/b;8-3+;;;. The monoisotopic (exact) mass is 574 g/mol. The number of halogens is 9. The highest BCUT2D eigenvalue weighted by molar-refractivity contribution is 8.24. The average molecular weight is 576 g/mol. The molecule has 33 heavy (non-hydrogen) atoms. The maximum Gasteiger partial charge on any atom is 0.339 e. The van der Waals surface area contributed by atoms with Crippen LogP contribution >= 0.6 is 38.9 Å². The summed E-state index contributed by atoms with van der Waals surface area (Å²) in [6.07, 6.45) is -6.29. The van der Waals surface area contributed by atoms with E-state index in [1.807, 2.05) is 0 Å². The predicted octanol–water partition coefficient (Wildman–Crippen LogP) is 4.75. The molecule has 1 aromatic rings. The summed E-state index contributed by atoms with van der Waals surface area (Å²) in [5.74, 6) is 3.52. The zero-order chi connectivity index (χ0) is 27.4. The lowest BCUT2D eigenvalue weighted by molar-refractivity contribution is -0.127. The lowest BCUT2D eigenvalue weighted by Gasteiger charge is -1.94. The fraction of sp³-hybridized carbons (Fsp3) is 0.571. The topological polar surface area (TPSA) is 131 Å². The van der Waals surface area contributed by atoms with E-state index in [9.17, 15) is 40.5 Å². The maximum absolute atomic E-state index is 12.0. The second kappa shape index (κ2) is 22.4. The molecule has 9 nitrogen and oxygen atoms in total. The zero-order valence-electron chi connectivity index (χ0n) is 17.9. The zero-order valence-corrected chi connectivity index (χ0v) is 21.0. The Morgan fingerprint density at radius 1 is 1.15 bits per heavy atom. The summed E-state index contributed by atoms with van der Waals surface area (Å²) in [5.41, 5.74) is 3.81. The molecular weight excluding hydrogens is 552 g/mol. The number of aromatic nitrogens is 2. The van der Waals surface area contributed by atoms with Crippen molar-refractivity contribution in [2.24, 2.45) is 18.0 Å². The van der Waals surface area contributed by atoms with Crippen molar-refractivity contribution in [3.05, 3.63) is 17.5 Å². The van der Waals surface area contributed by atoms with E-state index in [-0.39, 0.29) is 11.3 Å². The number of aldehydes is 1. The first-order chi connectivity index (χ1) is 14.9. The number of nitrogens with one attached hydrogen (secondary N) is 2. The van der Waals surface area contributed by atoms with E-state index in [1.54, 1.807) is 7.05 Å². The summed E-state index contributed by atoms with van der Waals surface area (Å²) in [5, 5.41) is 3.43. The molecule has 0 saturated carbocycles. The van der Waals surface area contributed by atoms with E-state index in [4.69, 9.17) is 0 Å². The highest BCUT2D eigenvalue weighted by Gasteiger charge is 2.16. The Morgan fingerprint density at radius 2 is 1.52 bits per heavy atom. The molecule has 0 fully saturated rings. The van der Waals surface area contributed by atoms with Gasteiger partial charge in [-0.25, -0.2) is 26.3 Å². The fourth-order valence-electron chi connectivity index (χ4n) is 1.01. The van der Waals surface area contributed by atoms with Crippen molar-refractivity contribution < 1.29 is 40.5 Å². The quantitative estimate of drug-likeness (QED) is 0.115. The van der Waals surface area contributed by atoms with Crippen LogP contribution in [0.3, 0.4) is 0 Å². The molecule has 19 heteroatoms. The van der Waals surface area contributed by atoms with Crippen LogP contribution in [0.2, 0.25) is 0 Å². The Kier molecular flexibility index (Phi) is 26.4. The molecule has 0 spiro atoms. The molecule has 0 aliphatic carbocycles. The number of aryl methyl sites for hydroxylation is 1.